The molecule has 5 N–H and O–H groups in total. The van der Waals surface area contributed by atoms with Crippen LogP contribution < -0.4 is 11.5 Å². The molecule has 0 saturated carbocycles. The van der Waals surface area contributed by atoms with Crippen LogP contribution in [-0.2, 0) is 12.8 Å². The van der Waals surface area contributed by atoms with E-state index in [9.17, 15) is 0 Å². The molecule has 3 nitrogen and oxygen atoms in total. The predicted molar refractivity (Wildman–Crippen MR) is 69.3 cm³/mol. The molecule has 0 spiro atoms. The molecule has 0 bridgehead atoms. The van der Waals surface area contributed by atoms with Gasteiger partial charge in [0.15, 0.2) is 0 Å². The number of benzene rings is 1. The van der Waals surface area contributed by atoms with Crippen LogP contribution in [0.15, 0.2) is 24.3 Å². The first-order chi connectivity index (χ1) is 6.22. The Kier molecular flexibility index (Phi) is 9.47. The molecular weight excluding hydrogens is 233 g/mol. The number of amidine groups is 1. The van der Waals surface area contributed by atoms with E-state index in [0.29, 0.717) is 13.0 Å². The minimum absolute atomic E-state index is 0. The van der Waals surface area contributed by atoms with E-state index in [2.05, 4.69) is 0 Å². The Morgan fingerprint density at radius 1 is 1.07 bits per heavy atom. The lowest BCUT2D eigenvalue weighted by molar-refractivity contribution is 0.967. The first-order valence-corrected chi connectivity index (χ1v) is 4.33. The van der Waals surface area contributed by atoms with Gasteiger partial charge in [0.1, 0.15) is 0 Å². The van der Waals surface area contributed by atoms with E-state index in [0.717, 1.165) is 12.0 Å². The molecule has 0 aromatic heterocycles. The summed E-state index contributed by atoms with van der Waals surface area (Å²) in [6.45, 7) is 0.673. The van der Waals surface area contributed by atoms with Gasteiger partial charge < -0.3 is 11.5 Å². The van der Waals surface area contributed by atoms with Gasteiger partial charge in [-0.05, 0) is 24.1 Å². The van der Waals surface area contributed by atoms with Gasteiger partial charge >= 0.3 is 0 Å². The zero-order valence-electron chi connectivity index (χ0n) is 8.40. The molecule has 0 saturated heterocycles. The van der Waals surface area contributed by atoms with Gasteiger partial charge in [-0.2, -0.15) is 0 Å². The zero-order valence-corrected chi connectivity index (χ0v) is 10.0. The predicted octanol–water partition coefficient (Wildman–Crippen LogP) is 1.51. The summed E-state index contributed by atoms with van der Waals surface area (Å²) in [5.41, 5.74) is 13.0. The number of halogens is 2. The Labute approximate surface area is 103 Å². The Morgan fingerprint density at radius 3 is 1.93 bits per heavy atom. The molecule has 15 heavy (non-hydrogen) atoms. The van der Waals surface area contributed by atoms with Crippen molar-refractivity contribution in [2.45, 2.75) is 12.8 Å². The first-order valence-electron chi connectivity index (χ1n) is 4.33. The molecule has 0 aliphatic rings. The summed E-state index contributed by atoms with van der Waals surface area (Å²) in [5, 5.41) is 7.12. The summed E-state index contributed by atoms with van der Waals surface area (Å²) < 4.78 is 0. The smallest absolute Gasteiger partial charge is 0.0950 e. The van der Waals surface area contributed by atoms with E-state index in [1.54, 1.807) is 0 Å². The summed E-state index contributed by atoms with van der Waals surface area (Å²) >= 11 is 0. The van der Waals surface area contributed by atoms with Crippen LogP contribution in [0.25, 0.3) is 0 Å². The zero-order chi connectivity index (χ0) is 9.68. The van der Waals surface area contributed by atoms with Gasteiger partial charge in [-0.25, -0.2) is 0 Å². The van der Waals surface area contributed by atoms with Gasteiger partial charge in [-0.15, -0.1) is 24.8 Å². The molecule has 0 radical (unpaired) electrons. The molecule has 0 fully saturated rings. The summed E-state index contributed by atoms with van der Waals surface area (Å²) in [4.78, 5) is 0. The maximum atomic E-state index is 7.12. The van der Waals surface area contributed by atoms with Crippen LogP contribution in [-0.4, -0.2) is 12.4 Å². The quantitative estimate of drug-likeness (QED) is 0.559. The average Bonchev–Trinajstić information content (AvgIpc) is 2.08. The van der Waals surface area contributed by atoms with Crippen LogP contribution in [0.5, 0.6) is 0 Å². The van der Waals surface area contributed by atoms with Crippen LogP contribution in [0, 0.1) is 5.41 Å². The third-order valence-corrected chi connectivity index (χ3v) is 1.85. The third kappa shape index (κ3) is 6.33. The summed E-state index contributed by atoms with van der Waals surface area (Å²) in [5.74, 6) is 0.201. The van der Waals surface area contributed by atoms with Crippen molar-refractivity contribution in [3.8, 4) is 0 Å². The lowest BCUT2D eigenvalue weighted by atomic mass is 10.1. The SMILES string of the molecule is Cl.Cl.N=C(N)Cc1ccc(CCN)cc1. The summed E-state index contributed by atoms with van der Waals surface area (Å²) in [6, 6.07) is 8.05. The van der Waals surface area contributed by atoms with Gasteiger partial charge in [-0.3, -0.25) is 5.41 Å². The highest BCUT2D eigenvalue weighted by atomic mass is 35.5. The maximum Gasteiger partial charge on any atom is 0.0950 e. The van der Waals surface area contributed by atoms with Crippen LogP contribution in [0.1, 0.15) is 11.1 Å². The van der Waals surface area contributed by atoms with Gasteiger partial charge in [0.05, 0.1) is 5.84 Å². The second-order valence-electron chi connectivity index (χ2n) is 3.06. The minimum atomic E-state index is 0. The van der Waals surface area contributed by atoms with Crippen LogP contribution in [0.4, 0.5) is 0 Å². The molecule has 1 aromatic rings. The monoisotopic (exact) mass is 249 g/mol. The fourth-order valence-corrected chi connectivity index (χ4v) is 1.21. The lowest BCUT2D eigenvalue weighted by Gasteiger charge is -2.01. The van der Waals surface area contributed by atoms with Crippen molar-refractivity contribution in [2.75, 3.05) is 6.54 Å². The van der Waals surface area contributed by atoms with Crippen molar-refractivity contribution in [2.24, 2.45) is 11.5 Å². The van der Waals surface area contributed by atoms with Crippen LogP contribution >= 0.6 is 24.8 Å². The van der Waals surface area contributed by atoms with E-state index in [4.69, 9.17) is 16.9 Å². The molecule has 5 heteroatoms. The number of nitrogens with two attached hydrogens (primary N) is 2. The van der Waals surface area contributed by atoms with Crippen molar-refractivity contribution in [1.29, 1.82) is 5.41 Å². The molecule has 0 aliphatic carbocycles. The number of hydrogen-bond donors (Lipinski definition) is 3. The fraction of sp³-hybridized carbons (Fsp3) is 0.300. The third-order valence-electron chi connectivity index (χ3n) is 1.85. The van der Waals surface area contributed by atoms with Crippen LogP contribution in [0.3, 0.4) is 0 Å². The van der Waals surface area contributed by atoms with E-state index >= 15 is 0 Å². The minimum Gasteiger partial charge on any atom is -0.387 e. The normalized spacial score (nSPS) is 8.60. The molecule has 1 rings (SSSR count). The van der Waals surface area contributed by atoms with E-state index in [-0.39, 0.29) is 30.6 Å². The summed E-state index contributed by atoms with van der Waals surface area (Å²) in [7, 11) is 0. The van der Waals surface area contributed by atoms with Crippen molar-refractivity contribution in [3.63, 3.8) is 0 Å². The lowest BCUT2D eigenvalue weighted by Crippen LogP contribution is -2.12. The van der Waals surface area contributed by atoms with Gasteiger partial charge in [0, 0.05) is 6.42 Å². The van der Waals surface area contributed by atoms with Crippen molar-refractivity contribution >= 4 is 30.6 Å². The summed E-state index contributed by atoms with van der Waals surface area (Å²) in [6.07, 6.45) is 1.43. The molecule has 1 aromatic carbocycles. The Bertz CT molecular complexity index is 285. The second-order valence-corrected chi connectivity index (χ2v) is 3.06. The molecule has 0 unspecified atom stereocenters. The number of rotatable bonds is 4. The highest BCUT2D eigenvalue weighted by Crippen LogP contribution is 2.05. The molecular formula is C10H17Cl2N3. The maximum absolute atomic E-state index is 7.12. The Morgan fingerprint density at radius 2 is 1.53 bits per heavy atom. The topological polar surface area (TPSA) is 75.9 Å². The average molecular weight is 250 g/mol. The molecule has 0 atom stereocenters. The van der Waals surface area contributed by atoms with Gasteiger partial charge in [0.25, 0.3) is 0 Å². The molecule has 86 valence electrons. The van der Waals surface area contributed by atoms with Gasteiger partial charge in [0.2, 0.25) is 0 Å². The van der Waals surface area contributed by atoms with Crippen molar-refractivity contribution in [3.05, 3.63) is 35.4 Å². The first kappa shape index (κ1) is 16.7. The Hall–Kier alpha value is -0.770. The van der Waals surface area contributed by atoms with Crippen molar-refractivity contribution in [1.82, 2.24) is 0 Å². The van der Waals surface area contributed by atoms with E-state index in [1.807, 2.05) is 24.3 Å². The molecule has 0 heterocycles. The van der Waals surface area contributed by atoms with Crippen molar-refractivity contribution < 1.29 is 0 Å². The highest BCUT2D eigenvalue weighted by molar-refractivity contribution is 5.85. The molecule has 0 aliphatic heterocycles. The highest BCUT2D eigenvalue weighted by Gasteiger charge is 1.95. The Balaban J connectivity index is 0. The molecule has 0 amide bonds. The van der Waals surface area contributed by atoms with Crippen LogP contribution in [0.2, 0.25) is 0 Å². The second kappa shape index (κ2) is 8.53. The van der Waals surface area contributed by atoms with E-state index < -0.39 is 0 Å². The van der Waals surface area contributed by atoms with E-state index in [1.165, 1.54) is 5.56 Å². The number of nitrogens with one attached hydrogen (secondary N) is 1. The largest absolute Gasteiger partial charge is 0.387 e. The fourth-order valence-electron chi connectivity index (χ4n) is 1.21. The number of hydrogen-bond acceptors (Lipinski definition) is 2. The standard InChI is InChI=1S/C10H15N3.2ClH/c11-6-5-8-1-3-9(4-2-8)7-10(12)13;;/h1-4H,5-7,11H2,(H3,12,13);2*1H. The van der Waals surface area contributed by atoms with Gasteiger partial charge in [-0.1, -0.05) is 24.3 Å².